The van der Waals surface area contributed by atoms with E-state index in [-0.39, 0.29) is 0 Å². The minimum atomic E-state index is -0.432. The molecule has 0 aliphatic heterocycles. The van der Waals surface area contributed by atoms with Crippen LogP contribution in [0.1, 0.15) is 23.0 Å². The lowest BCUT2D eigenvalue weighted by atomic mass is 10.1. The number of rotatable bonds is 3. The summed E-state index contributed by atoms with van der Waals surface area (Å²) in [6.07, 6.45) is 4.89. The summed E-state index contributed by atoms with van der Waals surface area (Å²) in [6.45, 7) is 1.99. The molecule has 2 heterocycles. The Hall–Kier alpha value is -2.01. The second-order valence-corrected chi connectivity index (χ2v) is 3.69. The van der Waals surface area contributed by atoms with Crippen LogP contribution >= 0.6 is 0 Å². The van der Waals surface area contributed by atoms with E-state index in [0.29, 0.717) is 11.6 Å². The van der Waals surface area contributed by atoms with Crippen molar-refractivity contribution < 1.29 is 4.74 Å². The van der Waals surface area contributed by atoms with Crippen LogP contribution in [0.5, 0.6) is 5.88 Å². The molecule has 2 N–H and O–H groups in total. The first kappa shape index (κ1) is 11.5. The van der Waals surface area contributed by atoms with Crippen molar-refractivity contribution in [3.63, 3.8) is 0 Å². The monoisotopic (exact) mass is 230 g/mol. The minimum absolute atomic E-state index is 0.432. The number of aryl methyl sites for hydroxylation is 1. The van der Waals surface area contributed by atoms with E-state index in [4.69, 9.17) is 10.5 Å². The van der Waals surface area contributed by atoms with Crippen LogP contribution in [-0.4, -0.2) is 22.1 Å². The largest absolute Gasteiger partial charge is 0.480 e. The minimum Gasteiger partial charge on any atom is -0.480 e. The van der Waals surface area contributed by atoms with Crippen LogP contribution in [0.2, 0.25) is 0 Å². The highest BCUT2D eigenvalue weighted by atomic mass is 16.5. The number of hydrogen-bond acceptors (Lipinski definition) is 5. The fourth-order valence-electron chi connectivity index (χ4n) is 1.58. The summed E-state index contributed by atoms with van der Waals surface area (Å²) < 4.78 is 5.14. The molecule has 88 valence electrons. The molecule has 17 heavy (non-hydrogen) atoms. The molecule has 2 aromatic rings. The fraction of sp³-hybridized carbons (Fsp3) is 0.250. The van der Waals surface area contributed by atoms with Crippen LogP contribution < -0.4 is 10.5 Å². The van der Waals surface area contributed by atoms with E-state index in [1.165, 1.54) is 0 Å². The lowest BCUT2D eigenvalue weighted by molar-refractivity contribution is 0.386. The molecule has 0 saturated heterocycles. The molecular formula is C12H14N4O. The van der Waals surface area contributed by atoms with Gasteiger partial charge in [0.1, 0.15) is 5.69 Å². The third kappa shape index (κ3) is 2.39. The maximum absolute atomic E-state index is 6.12. The lowest BCUT2D eigenvalue weighted by Crippen LogP contribution is -2.16. The molecule has 0 aliphatic carbocycles. The summed E-state index contributed by atoms with van der Waals surface area (Å²) in [6, 6.07) is 3.42. The summed E-state index contributed by atoms with van der Waals surface area (Å²) in [7, 11) is 1.55. The lowest BCUT2D eigenvalue weighted by Gasteiger charge is -2.13. The van der Waals surface area contributed by atoms with Crippen molar-refractivity contribution in [1.29, 1.82) is 0 Å². The second kappa shape index (κ2) is 4.88. The molecule has 1 unspecified atom stereocenters. The molecule has 5 nitrogen and oxygen atoms in total. The molecule has 0 radical (unpaired) electrons. The van der Waals surface area contributed by atoms with Gasteiger partial charge in [-0.15, -0.1) is 0 Å². The van der Waals surface area contributed by atoms with E-state index >= 15 is 0 Å². The van der Waals surface area contributed by atoms with Gasteiger partial charge in [0.2, 0.25) is 5.88 Å². The average molecular weight is 230 g/mol. The van der Waals surface area contributed by atoms with Gasteiger partial charge in [-0.1, -0.05) is 0 Å². The Morgan fingerprint density at radius 3 is 2.65 bits per heavy atom. The number of hydrogen-bond donors (Lipinski definition) is 1. The SMILES string of the molecule is COc1nccnc1C(N)c1cc(C)ccn1. The third-order valence-corrected chi connectivity index (χ3v) is 2.43. The summed E-state index contributed by atoms with van der Waals surface area (Å²) in [5.41, 5.74) is 8.57. The van der Waals surface area contributed by atoms with Crippen LogP contribution in [0.4, 0.5) is 0 Å². The summed E-state index contributed by atoms with van der Waals surface area (Å²) in [5.74, 6) is 0.434. The van der Waals surface area contributed by atoms with E-state index < -0.39 is 6.04 Å². The quantitative estimate of drug-likeness (QED) is 0.858. The van der Waals surface area contributed by atoms with Crippen molar-refractivity contribution in [2.75, 3.05) is 7.11 Å². The van der Waals surface area contributed by atoms with Crippen molar-refractivity contribution in [1.82, 2.24) is 15.0 Å². The molecule has 0 bridgehead atoms. The summed E-state index contributed by atoms with van der Waals surface area (Å²) in [4.78, 5) is 12.5. The van der Waals surface area contributed by atoms with Gasteiger partial charge in [-0.2, -0.15) is 0 Å². The molecule has 0 aliphatic rings. The van der Waals surface area contributed by atoms with Crippen LogP contribution in [0, 0.1) is 6.92 Å². The molecule has 5 heteroatoms. The van der Waals surface area contributed by atoms with Crippen molar-refractivity contribution in [2.24, 2.45) is 5.73 Å². The van der Waals surface area contributed by atoms with Gasteiger partial charge in [-0.25, -0.2) is 4.98 Å². The highest BCUT2D eigenvalue weighted by Crippen LogP contribution is 2.22. The Labute approximate surface area is 99.7 Å². The van der Waals surface area contributed by atoms with E-state index in [9.17, 15) is 0 Å². The number of nitrogens with zero attached hydrogens (tertiary/aromatic N) is 3. The van der Waals surface area contributed by atoms with Crippen LogP contribution in [0.25, 0.3) is 0 Å². The van der Waals surface area contributed by atoms with Gasteiger partial charge in [-0.3, -0.25) is 9.97 Å². The normalized spacial score (nSPS) is 12.2. The summed E-state index contributed by atoms with van der Waals surface area (Å²) >= 11 is 0. The van der Waals surface area contributed by atoms with Gasteiger partial charge < -0.3 is 10.5 Å². The van der Waals surface area contributed by atoms with Gasteiger partial charge in [0.15, 0.2) is 0 Å². The molecule has 0 saturated carbocycles. The first-order chi connectivity index (χ1) is 8.22. The zero-order chi connectivity index (χ0) is 12.3. The second-order valence-electron chi connectivity index (χ2n) is 3.69. The Kier molecular flexibility index (Phi) is 3.30. The highest BCUT2D eigenvalue weighted by Gasteiger charge is 2.17. The zero-order valence-electron chi connectivity index (χ0n) is 9.79. The van der Waals surface area contributed by atoms with Crippen molar-refractivity contribution in [3.8, 4) is 5.88 Å². The van der Waals surface area contributed by atoms with Crippen molar-refractivity contribution in [3.05, 3.63) is 47.7 Å². The topological polar surface area (TPSA) is 73.9 Å². The maximum Gasteiger partial charge on any atom is 0.237 e. The number of ether oxygens (including phenoxy) is 1. The van der Waals surface area contributed by atoms with E-state index in [0.717, 1.165) is 11.3 Å². The highest BCUT2D eigenvalue weighted by molar-refractivity contribution is 5.30. The number of methoxy groups -OCH3 is 1. The Morgan fingerprint density at radius 1 is 1.18 bits per heavy atom. The average Bonchev–Trinajstić information content (AvgIpc) is 2.38. The van der Waals surface area contributed by atoms with E-state index in [1.807, 2.05) is 19.1 Å². The van der Waals surface area contributed by atoms with Gasteiger partial charge in [-0.05, 0) is 24.6 Å². The van der Waals surface area contributed by atoms with Crippen LogP contribution in [0.3, 0.4) is 0 Å². The van der Waals surface area contributed by atoms with Crippen LogP contribution in [-0.2, 0) is 0 Å². The molecule has 0 aromatic carbocycles. The Bertz CT molecular complexity index is 515. The number of pyridine rings is 1. The first-order valence-corrected chi connectivity index (χ1v) is 5.25. The third-order valence-electron chi connectivity index (χ3n) is 2.43. The van der Waals surface area contributed by atoms with E-state index in [2.05, 4.69) is 15.0 Å². The van der Waals surface area contributed by atoms with Gasteiger partial charge >= 0.3 is 0 Å². The predicted molar refractivity (Wildman–Crippen MR) is 63.6 cm³/mol. The Balaban J connectivity index is 2.40. The smallest absolute Gasteiger partial charge is 0.237 e. The van der Waals surface area contributed by atoms with Crippen molar-refractivity contribution in [2.45, 2.75) is 13.0 Å². The first-order valence-electron chi connectivity index (χ1n) is 5.25. The van der Waals surface area contributed by atoms with E-state index in [1.54, 1.807) is 25.7 Å². The Morgan fingerprint density at radius 2 is 1.94 bits per heavy atom. The molecule has 2 aromatic heterocycles. The number of nitrogens with two attached hydrogens (primary N) is 1. The summed E-state index contributed by atoms with van der Waals surface area (Å²) in [5, 5.41) is 0. The predicted octanol–water partition coefficient (Wildman–Crippen LogP) is 1.24. The van der Waals surface area contributed by atoms with Gasteiger partial charge in [0.25, 0.3) is 0 Å². The van der Waals surface area contributed by atoms with Gasteiger partial charge in [0, 0.05) is 18.6 Å². The molecule has 2 rings (SSSR count). The molecule has 0 spiro atoms. The standard InChI is InChI=1S/C12H14N4O/c1-8-3-4-14-9(7-8)10(13)11-12(17-2)16-6-5-15-11/h3-7,10H,13H2,1-2H3. The molecular weight excluding hydrogens is 216 g/mol. The zero-order valence-corrected chi connectivity index (χ0v) is 9.79. The molecule has 0 fully saturated rings. The molecule has 0 amide bonds. The van der Waals surface area contributed by atoms with Crippen LogP contribution in [0.15, 0.2) is 30.7 Å². The number of aromatic nitrogens is 3. The van der Waals surface area contributed by atoms with Gasteiger partial charge in [0.05, 0.1) is 18.8 Å². The molecule has 1 atom stereocenters. The maximum atomic E-state index is 6.12. The fourth-order valence-corrected chi connectivity index (χ4v) is 1.58. The van der Waals surface area contributed by atoms with Crippen molar-refractivity contribution >= 4 is 0 Å².